The molecule has 0 radical (unpaired) electrons. The van der Waals surface area contributed by atoms with E-state index in [0.29, 0.717) is 23.6 Å². The number of benzene rings is 1. The van der Waals surface area contributed by atoms with Gasteiger partial charge in [-0.1, -0.05) is 0 Å². The monoisotopic (exact) mass is 332 g/mol. The van der Waals surface area contributed by atoms with Gasteiger partial charge in [0.05, 0.1) is 13.4 Å². The molecule has 1 heterocycles. The molecule has 0 saturated heterocycles. The maximum Gasteiger partial charge on any atom is 0.255 e. The minimum absolute atomic E-state index is 0.171. The number of carbonyl (C=O) groups is 2. The van der Waals surface area contributed by atoms with Crippen LogP contribution in [0.25, 0.3) is 0 Å². The smallest absolute Gasteiger partial charge is 0.255 e. The third-order valence-electron chi connectivity index (χ3n) is 3.50. The number of ether oxygens (including phenoxy) is 2. The van der Waals surface area contributed by atoms with Crippen molar-refractivity contribution in [3.05, 3.63) is 47.4 Å². The van der Waals surface area contributed by atoms with E-state index in [2.05, 4.69) is 0 Å². The first-order chi connectivity index (χ1) is 11.4. The summed E-state index contributed by atoms with van der Waals surface area (Å²) >= 11 is 0. The highest BCUT2D eigenvalue weighted by atomic mass is 16.5. The van der Waals surface area contributed by atoms with E-state index in [1.807, 2.05) is 13.0 Å². The van der Waals surface area contributed by atoms with Crippen LogP contribution in [-0.4, -0.2) is 37.5 Å². The van der Waals surface area contributed by atoms with Crippen molar-refractivity contribution in [2.45, 2.75) is 13.5 Å². The van der Waals surface area contributed by atoms with Gasteiger partial charge in [0.25, 0.3) is 11.8 Å². The largest absolute Gasteiger partial charge is 0.493 e. The zero-order chi connectivity index (χ0) is 17.7. The van der Waals surface area contributed by atoms with E-state index in [-0.39, 0.29) is 12.5 Å². The normalized spacial score (nSPS) is 10.3. The topological polar surface area (TPSA) is 95.0 Å². The molecule has 24 heavy (non-hydrogen) atoms. The van der Waals surface area contributed by atoms with Crippen LogP contribution in [0.3, 0.4) is 0 Å². The number of carbonyl (C=O) groups excluding carboxylic acids is 2. The van der Waals surface area contributed by atoms with Crippen molar-refractivity contribution in [1.29, 1.82) is 0 Å². The van der Waals surface area contributed by atoms with E-state index in [0.717, 1.165) is 11.3 Å². The van der Waals surface area contributed by atoms with Crippen molar-refractivity contribution in [3.8, 4) is 11.5 Å². The summed E-state index contributed by atoms with van der Waals surface area (Å²) in [7, 11) is 3.16. The lowest BCUT2D eigenvalue weighted by Crippen LogP contribution is -2.26. The van der Waals surface area contributed by atoms with E-state index in [9.17, 15) is 9.59 Å². The lowest BCUT2D eigenvalue weighted by Gasteiger charge is -2.18. The van der Waals surface area contributed by atoms with Crippen molar-refractivity contribution in [2.24, 2.45) is 5.73 Å². The van der Waals surface area contributed by atoms with Crippen molar-refractivity contribution in [3.63, 3.8) is 0 Å². The van der Waals surface area contributed by atoms with E-state index < -0.39 is 5.91 Å². The summed E-state index contributed by atoms with van der Waals surface area (Å²) in [4.78, 5) is 24.9. The molecular formula is C17H20N2O5. The average Bonchev–Trinajstić information content (AvgIpc) is 2.96. The lowest BCUT2D eigenvalue weighted by atomic mass is 10.1. The van der Waals surface area contributed by atoms with Crippen LogP contribution in [-0.2, 0) is 11.3 Å². The van der Waals surface area contributed by atoms with E-state index in [4.69, 9.17) is 19.6 Å². The molecule has 2 rings (SSSR count). The first kappa shape index (κ1) is 17.4. The van der Waals surface area contributed by atoms with Crippen LogP contribution in [0.15, 0.2) is 34.9 Å². The molecular weight excluding hydrogens is 312 g/mol. The Morgan fingerprint density at radius 1 is 1.25 bits per heavy atom. The Bertz CT molecular complexity index is 738. The van der Waals surface area contributed by atoms with Gasteiger partial charge in [0.2, 0.25) is 0 Å². The Labute approximate surface area is 139 Å². The van der Waals surface area contributed by atoms with Gasteiger partial charge >= 0.3 is 0 Å². The molecule has 128 valence electrons. The molecule has 0 aliphatic carbocycles. The zero-order valence-corrected chi connectivity index (χ0v) is 13.9. The van der Waals surface area contributed by atoms with Crippen LogP contribution in [0.4, 0.5) is 0 Å². The Balaban J connectivity index is 2.14. The first-order valence-corrected chi connectivity index (χ1v) is 7.30. The molecule has 1 aromatic heterocycles. The SMILES string of the molecule is COc1cc(C(=O)N(C)Cc2ccoc2C)ccc1OCC(N)=O. The highest BCUT2D eigenvalue weighted by Crippen LogP contribution is 2.28. The first-order valence-electron chi connectivity index (χ1n) is 7.30. The van der Waals surface area contributed by atoms with Gasteiger partial charge in [-0.3, -0.25) is 9.59 Å². The molecule has 0 fully saturated rings. The summed E-state index contributed by atoms with van der Waals surface area (Å²) in [6.45, 7) is 2.02. The number of amides is 2. The molecule has 2 amide bonds. The number of hydrogen-bond donors (Lipinski definition) is 1. The fourth-order valence-corrected chi connectivity index (χ4v) is 2.19. The minimum atomic E-state index is -0.590. The zero-order valence-electron chi connectivity index (χ0n) is 13.9. The third kappa shape index (κ3) is 4.07. The van der Waals surface area contributed by atoms with Gasteiger partial charge in [-0.15, -0.1) is 0 Å². The lowest BCUT2D eigenvalue weighted by molar-refractivity contribution is -0.119. The Kier molecular flexibility index (Phi) is 5.47. The maximum absolute atomic E-state index is 12.6. The molecule has 0 aliphatic heterocycles. The van der Waals surface area contributed by atoms with Crippen LogP contribution in [0, 0.1) is 6.92 Å². The number of furan rings is 1. The van der Waals surface area contributed by atoms with Gasteiger partial charge in [0.15, 0.2) is 18.1 Å². The number of methoxy groups -OCH3 is 1. The minimum Gasteiger partial charge on any atom is -0.493 e. The Hall–Kier alpha value is -2.96. The molecule has 0 atom stereocenters. The highest BCUT2D eigenvalue weighted by molar-refractivity contribution is 5.94. The fourth-order valence-electron chi connectivity index (χ4n) is 2.19. The number of nitrogens with two attached hydrogens (primary N) is 1. The fraction of sp³-hybridized carbons (Fsp3) is 0.294. The molecule has 7 heteroatoms. The molecule has 0 aliphatic rings. The molecule has 0 unspecified atom stereocenters. The molecule has 0 bridgehead atoms. The average molecular weight is 332 g/mol. The third-order valence-corrected chi connectivity index (χ3v) is 3.50. The number of aryl methyl sites for hydroxylation is 1. The van der Waals surface area contributed by atoms with Crippen molar-refractivity contribution in [2.75, 3.05) is 20.8 Å². The standard InChI is InChI=1S/C17H20N2O5/c1-11-13(6-7-23-11)9-19(2)17(21)12-4-5-14(15(8-12)22-3)24-10-16(18)20/h4-8H,9-10H2,1-3H3,(H2,18,20). The van der Waals surface area contributed by atoms with E-state index >= 15 is 0 Å². The molecule has 2 N–H and O–H groups in total. The summed E-state index contributed by atoms with van der Waals surface area (Å²) in [6.07, 6.45) is 1.59. The number of nitrogens with zero attached hydrogens (tertiary/aromatic N) is 1. The van der Waals surface area contributed by atoms with Crippen molar-refractivity contribution >= 4 is 11.8 Å². The Morgan fingerprint density at radius 2 is 2.00 bits per heavy atom. The summed E-state index contributed by atoms with van der Waals surface area (Å²) in [5, 5.41) is 0. The molecule has 7 nitrogen and oxygen atoms in total. The van der Waals surface area contributed by atoms with Gasteiger partial charge in [0.1, 0.15) is 5.76 Å². The van der Waals surface area contributed by atoms with Gasteiger partial charge < -0.3 is 24.5 Å². The highest BCUT2D eigenvalue weighted by Gasteiger charge is 2.16. The van der Waals surface area contributed by atoms with Crippen LogP contribution in [0.2, 0.25) is 0 Å². The van der Waals surface area contributed by atoms with Crippen molar-refractivity contribution < 1.29 is 23.5 Å². The predicted octanol–water partition coefficient (Wildman–Crippen LogP) is 1.73. The van der Waals surface area contributed by atoms with E-state index in [1.54, 1.807) is 36.4 Å². The van der Waals surface area contributed by atoms with Gasteiger partial charge in [0, 0.05) is 24.7 Å². The van der Waals surface area contributed by atoms with Crippen LogP contribution >= 0.6 is 0 Å². The number of primary amides is 1. The number of rotatable bonds is 7. The van der Waals surface area contributed by atoms with Crippen molar-refractivity contribution in [1.82, 2.24) is 4.90 Å². The van der Waals surface area contributed by atoms with Gasteiger partial charge in [-0.25, -0.2) is 0 Å². The second-order valence-corrected chi connectivity index (χ2v) is 5.28. The summed E-state index contributed by atoms with van der Waals surface area (Å²) in [5.74, 6) is 0.723. The summed E-state index contributed by atoms with van der Waals surface area (Å²) < 4.78 is 15.7. The second kappa shape index (κ2) is 7.54. The predicted molar refractivity (Wildman–Crippen MR) is 86.9 cm³/mol. The second-order valence-electron chi connectivity index (χ2n) is 5.28. The van der Waals surface area contributed by atoms with Gasteiger partial charge in [-0.05, 0) is 31.2 Å². The molecule has 2 aromatic rings. The maximum atomic E-state index is 12.6. The molecule has 0 saturated carbocycles. The quantitative estimate of drug-likeness (QED) is 0.833. The van der Waals surface area contributed by atoms with Crippen LogP contribution < -0.4 is 15.2 Å². The Morgan fingerprint density at radius 3 is 2.58 bits per heavy atom. The van der Waals surface area contributed by atoms with Crippen LogP contribution in [0.1, 0.15) is 21.7 Å². The molecule has 1 aromatic carbocycles. The van der Waals surface area contributed by atoms with Gasteiger partial charge in [-0.2, -0.15) is 0 Å². The van der Waals surface area contributed by atoms with Crippen LogP contribution in [0.5, 0.6) is 11.5 Å². The van der Waals surface area contributed by atoms with E-state index in [1.165, 1.54) is 7.11 Å². The summed E-state index contributed by atoms with van der Waals surface area (Å²) in [5.41, 5.74) is 6.44. The molecule has 0 spiro atoms. The number of hydrogen-bond acceptors (Lipinski definition) is 5. The summed E-state index contributed by atoms with van der Waals surface area (Å²) in [6, 6.07) is 6.59.